The molecule has 2 amide bonds. The first-order chi connectivity index (χ1) is 15.7. The first-order valence-electron chi connectivity index (χ1n) is 12.1. The molecule has 0 aliphatic heterocycles. The summed E-state index contributed by atoms with van der Waals surface area (Å²) in [7, 11) is 0. The molecule has 0 saturated heterocycles. The summed E-state index contributed by atoms with van der Waals surface area (Å²) in [6.07, 6.45) is 4.90. The number of nitrogens with one attached hydrogen (secondary N) is 2. The molecule has 1 unspecified atom stereocenters. The minimum absolute atomic E-state index is 0.0591. The number of carbonyl (C=O) groups excluding carboxylic acids is 2. The molecule has 0 spiro atoms. The Morgan fingerprint density at radius 1 is 0.970 bits per heavy atom. The molecule has 5 nitrogen and oxygen atoms in total. The normalized spacial score (nSPS) is 18.8. The second kappa shape index (κ2) is 10.4. The molecule has 2 aromatic rings. The number of hydrogen-bond acceptors (Lipinski definition) is 3. The van der Waals surface area contributed by atoms with E-state index in [1.165, 1.54) is 17.5 Å². The molecule has 1 aliphatic rings. The second-order valence-corrected chi connectivity index (χ2v) is 10.0. The maximum absolute atomic E-state index is 12.7. The average molecular weight is 451 g/mol. The highest BCUT2D eigenvalue weighted by Gasteiger charge is 2.39. The van der Waals surface area contributed by atoms with Crippen molar-refractivity contribution >= 4 is 17.7 Å². The molecular weight excluding hydrogens is 412 g/mol. The molecular formula is C28H38N2O3. The number of fused-ring (bicyclic) bond motifs is 1. The van der Waals surface area contributed by atoms with Gasteiger partial charge in [-0.15, -0.1) is 0 Å². The molecule has 2 N–H and O–H groups in total. The molecule has 3 rings (SSSR count). The number of ether oxygens (including phenoxy) is 1. The summed E-state index contributed by atoms with van der Waals surface area (Å²) < 4.78 is 5.59. The molecule has 0 radical (unpaired) electrons. The Hall–Kier alpha value is -2.82. The summed E-state index contributed by atoms with van der Waals surface area (Å²) in [4.78, 5) is 24.5. The molecule has 2 aromatic carbocycles. The Morgan fingerprint density at radius 2 is 1.70 bits per heavy atom. The van der Waals surface area contributed by atoms with Gasteiger partial charge in [-0.1, -0.05) is 52.8 Å². The van der Waals surface area contributed by atoms with Crippen molar-refractivity contribution in [2.24, 2.45) is 0 Å². The van der Waals surface area contributed by atoms with E-state index in [1.807, 2.05) is 37.3 Å². The SMILES string of the molecule is CCCNC(=O)Nc1ccc(CCOC(=O)c2ccc3c(c2)C(C)(C)CCC3(C)CC)cc1. The maximum Gasteiger partial charge on any atom is 0.338 e. The fraction of sp³-hybridized carbons (Fsp3) is 0.500. The van der Waals surface area contributed by atoms with Crippen molar-refractivity contribution in [3.05, 3.63) is 64.7 Å². The molecule has 0 saturated carbocycles. The lowest BCUT2D eigenvalue weighted by Crippen LogP contribution is -2.35. The predicted molar refractivity (Wildman–Crippen MR) is 134 cm³/mol. The van der Waals surface area contributed by atoms with E-state index in [-0.39, 0.29) is 22.8 Å². The highest BCUT2D eigenvalue weighted by atomic mass is 16.5. The third-order valence-electron chi connectivity index (χ3n) is 7.09. The number of rotatable bonds is 8. The fourth-order valence-corrected chi connectivity index (χ4v) is 4.50. The van der Waals surface area contributed by atoms with E-state index in [4.69, 9.17) is 4.74 Å². The Labute approximate surface area is 198 Å². The van der Waals surface area contributed by atoms with Gasteiger partial charge >= 0.3 is 12.0 Å². The lowest BCUT2D eigenvalue weighted by molar-refractivity contribution is 0.0509. The summed E-state index contributed by atoms with van der Waals surface area (Å²) in [5.74, 6) is -0.275. The number of esters is 1. The van der Waals surface area contributed by atoms with Crippen LogP contribution in [0.3, 0.4) is 0 Å². The predicted octanol–water partition coefficient (Wildman–Crippen LogP) is 6.36. The molecule has 33 heavy (non-hydrogen) atoms. The zero-order chi connectivity index (χ0) is 24.1. The Bertz CT molecular complexity index is 981. The monoisotopic (exact) mass is 450 g/mol. The van der Waals surface area contributed by atoms with Gasteiger partial charge < -0.3 is 15.4 Å². The van der Waals surface area contributed by atoms with Crippen molar-refractivity contribution in [2.45, 2.75) is 77.6 Å². The van der Waals surface area contributed by atoms with Gasteiger partial charge in [-0.3, -0.25) is 0 Å². The van der Waals surface area contributed by atoms with Crippen LogP contribution < -0.4 is 10.6 Å². The zero-order valence-corrected chi connectivity index (χ0v) is 20.7. The average Bonchev–Trinajstić information content (AvgIpc) is 2.81. The molecule has 0 heterocycles. The summed E-state index contributed by atoms with van der Waals surface area (Å²) in [5.41, 5.74) is 5.29. The van der Waals surface area contributed by atoms with E-state index in [2.05, 4.69) is 50.5 Å². The Morgan fingerprint density at radius 3 is 2.36 bits per heavy atom. The highest BCUT2D eigenvalue weighted by Crippen LogP contribution is 2.47. The van der Waals surface area contributed by atoms with Gasteiger partial charge in [-0.2, -0.15) is 0 Å². The first-order valence-corrected chi connectivity index (χ1v) is 12.1. The third kappa shape index (κ3) is 5.95. The number of amides is 2. The topological polar surface area (TPSA) is 67.4 Å². The second-order valence-electron chi connectivity index (χ2n) is 10.0. The van der Waals surface area contributed by atoms with Gasteiger partial charge in [0.15, 0.2) is 0 Å². The van der Waals surface area contributed by atoms with Crippen molar-refractivity contribution in [3.63, 3.8) is 0 Å². The Kier molecular flexibility index (Phi) is 7.83. The van der Waals surface area contributed by atoms with E-state index < -0.39 is 0 Å². The zero-order valence-electron chi connectivity index (χ0n) is 20.7. The molecule has 5 heteroatoms. The van der Waals surface area contributed by atoms with Crippen LogP contribution in [0.4, 0.5) is 10.5 Å². The number of anilines is 1. The number of carbonyl (C=O) groups is 2. The van der Waals surface area contributed by atoms with E-state index in [0.29, 0.717) is 25.1 Å². The molecule has 0 fully saturated rings. The Balaban J connectivity index is 1.58. The standard InChI is InChI=1S/C28H38N2O3/c1-6-17-29-26(32)30-22-11-8-20(9-12-22)14-18-33-25(31)21-10-13-23-24(19-21)27(3,4)15-16-28(23,5)7-2/h8-13,19H,6-7,14-18H2,1-5H3,(H2,29,30,32). The fourth-order valence-electron chi connectivity index (χ4n) is 4.50. The van der Waals surface area contributed by atoms with E-state index >= 15 is 0 Å². The minimum atomic E-state index is -0.275. The molecule has 0 bridgehead atoms. The summed E-state index contributed by atoms with van der Waals surface area (Å²) in [5, 5.41) is 5.59. The van der Waals surface area contributed by atoms with Gasteiger partial charge in [-0.05, 0) is 77.5 Å². The number of benzene rings is 2. The van der Waals surface area contributed by atoms with Crippen LogP contribution >= 0.6 is 0 Å². The van der Waals surface area contributed by atoms with E-state index in [1.54, 1.807) is 0 Å². The van der Waals surface area contributed by atoms with E-state index in [9.17, 15) is 9.59 Å². The van der Waals surface area contributed by atoms with Crippen LogP contribution in [0.25, 0.3) is 0 Å². The van der Waals surface area contributed by atoms with Crippen LogP contribution in [0, 0.1) is 0 Å². The van der Waals surface area contributed by atoms with Gasteiger partial charge in [-0.25, -0.2) is 9.59 Å². The van der Waals surface area contributed by atoms with Crippen molar-refractivity contribution < 1.29 is 14.3 Å². The third-order valence-corrected chi connectivity index (χ3v) is 7.09. The minimum Gasteiger partial charge on any atom is -0.462 e. The van der Waals surface area contributed by atoms with Gasteiger partial charge in [0.05, 0.1) is 12.2 Å². The lowest BCUT2D eigenvalue weighted by Gasteiger charge is -2.43. The highest BCUT2D eigenvalue weighted by molar-refractivity contribution is 5.90. The molecule has 1 atom stereocenters. The van der Waals surface area contributed by atoms with Crippen LogP contribution in [0.1, 0.15) is 87.4 Å². The lowest BCUT2D eigenvalue weighted by atomic mass is 9.61. The van der Waals surface area contributed by atoms with Crippen LogP contribution in [-0.2, 0) is 22.0 Å². The summed E-state index contributed by atoms with van der Waals surface area (Å²) in [6.45, 7) is 12.1. The van der Waals surface area contributed by atoms with Gasteiger partial charge in [0.25, 0.3) is 0 Å². The van der Waals surface area contributed by atoms with Crippen LogP contribution in [0.15, 0.2) is 42.5 Å². The summed E-state index contributed by atoms with van der Waals surface area (Å²) in [6, 6.07) is 13.5. The van der Waals surface area contributed by atoms with Crippen molar-refractivity contribution in [1.82, 2.24) is 5.32 Å². The van der Waals surface area contributed by atoms with Gasteiger partial charge in [0, 0.05) is 18.7 Å². The maximum atomic E-state index is 12.7. The smallest absolute Gasteiger partial charge is 0.338 e. The summed E-state index contributed by atoms with van der Waals surface area (Å²) >= 11 is 0. The molecule has 0 aromatic heterocycles. The molecule has 178 valence electrons. The van der Waals surface area contributed by atoms with Crippen molar-refractivity contribution in [2.75, 3.05) is 18.5 Å². The van der Waals surface area contributed by atoms with Crippen LogP contribution in [-0.4, -0.2) is 25.2 Å². The molecule has 1 aliphatic carbocycles. The van der Waals surface area contributed by atoms with E-state index in [0.717, 1.165) is 30.5 Å². The van der Waals surface area contributed by atoms with Gasteiger partial charge in [0.2, 0.25) is 0 Å². The van der Waals surface area contributed by atoms with Crippen LogP contribution in [0.5, 0.6) is 0 Å². The number of hydrogen-bond donors (Lipinski definition) is 2. The van der Waals surface area contributed by atoms with Crippen molar-refractivity contribution in [1.29, 1.82) is 0 Å². The van der Waals surface area contributed by atoms with Crippen LogP contribution in [0.2, 0.25) is 0 Å². The first kappa shape index (κ1) is 24.8. The quantitative estimate of drug-likeness (QED) is 0.460. The van der Waals surface area contributed by atoms with Crippen molar-refractivity contribution in [3.8, 4) is 0 Å². The van der Waals surface area contributed by atoms with Gasteiger partial charge in [0.1, 0.15) is 0 Å². The number of urea groups is 1. The largest absolute Gasteiger partial charge is 0.462 e.